The second-order valence-corrected chi connectivity index (χ2v) is 4.72. The lowest BCUT2D eigenvalue weighted by molar-refractivity contribution is 0.0692. The zero-order valence-electron chi connectivity index (χ0n) is 9.91. The average molecular weight is 261 g/mol. The molecule has 0 aliphatic rings. The molecule has 5 nitrogen and oxygen atoms in total. The lowest BCUT2D eigenvalue weighted by atomic mass is 10.3. The Bertz CT molecular complexity index is 581. The molecule has 0 amide bonds. The summed E-state index contributed by atoms with van der Waals surface area (Å²) in [6, 6.07) is 3.52. The maximum atomic E-state index is 11.1. The van der Waals surface area contributed by atoms with Crippen molar-refractivity contribution in [1.82, 2.24) is 15.0 Å². The Hall–Kier alpha value is -1.95. The number of aryl methyl sites for hydroxylation is 2. The van der Waals surface area contributed by atoms with Gasteiger partial charge in [-0.3, -0.25) is 4.98 Å². The normalized spacial score (nSPS) is 10.3. The first-order chi connectivity index (χ1) is 8.56. The largest absolute Gasteiger partial charge is 0.478 e. The SMILES string of the molecule is Cc1cc(C)nc(Sc2ccncc2C(=O)O)n1. The van der Waals surface area contributed by atoms with Crippen LogP contribution >= 0.6 is 11.8 Å². The van der Waals surface area contributed by atoms with Crippen LogP contribution < -0.4 is 0 Å². The van der Waals surface area contributed by atoms with Crippen LogP contribution in [0.4, 0.5) is 0 Å². The van der Waals surface area contributed by atoms with Crippen molar-refractivity contribution in [1.29, 1.82) is 0 Å². The van der Waals surface area contributed by atoms with Gasteiger partial charge >= 0.3 is 5.97 Å². The molecule has 0 radical (unpaired) electrons. The van der Waals surface area contributed by atoms with Crippen LogP contribution in [0.15, 0.2) is 34.6 Å². The molecule has 0 fully saturated rings. The third kappa shape index (κ3) is 2.84. The van der Waals surface area contributed by atoms with Crippen molar-refractivity contribution >= 4 is 17.7 Å². The Morgan fingerprint density at radius 2 is 1.94 bits per heavy atom. The van der Waals surface area contributed by atoms with E-state index in [4.69, 9.17) is 5.11 Å². The molecule has 1 N–H and O–H groups in total. The Balaban J connectivity index is 2.37. The zero-order valence-corrected chi connectivity index (χ0v) is 10.7. The molecule has 2 aromatic heterocycles. The van der Waals surface area contributed by atoms with Crippen molar-refractivity contribution in [3.05, 3.63) is 41.5 Å². The maximum Gasteiger partial charge on any atom is 0.338 e. The van der Waals surface area contributed by atoms with E-state index < -0.39 is 5.97 Å². The highest BCUT2D eigenvalue weighted by Crippen LogP contribution is 2.27. The van der Waals surface area contributed by atoms with Crippen LogP contribution in [-0.4, -0.2) is 26.0 Å². The molecule has 0 bridgehead atoms. The lowest BCUT2D eigenvalue weighted by Gasteiger charge is -2.05. The smallest absolute Gasteiger partial charge is 0.338 e. The van der Waals surface area contributed by atoms with Crippen molar-refractivity contribution in [3.63, 3.8) is 0 Å². The number of pyridine rings is 1. The first kappa shape index (κ1) is 12.5. The van der Waals surface area contributed by atoms with Crippen molar-refractivity contribution in [3.8, 4) is 0 Å². The number of rotatable bonds is 3. The third-order valence-corrected chi connectivity index (χ3v) is 3.12. The number of carboxylic acids is 1. The van der Waals surface area contributed by atoms with Crippen molar-refractivity contribution < 1.29 is 9.90 Å². The van der Waals surface area contributed by atoms with Gasteiger partial charge in [0.05, 0.1) is 5.56 Å². The standard InChI is InChI=1S/C12H11N3O2S/c1-7-5-8(2)15-12(14-7)18-10-3-4-13-6-9(10)11(16)17/h3-6H,1-2H3,(H,16,17). The van der Waals surface area contributed by atoms with Gasteiger partial charge in [0.25, 0.3) is 0 Å². The summed E-state index contributed by atoms with van der Waals surface area (Å²) in [5.41, 5.74) is 1.87. The fourth-order valence-electron chi connectivity index (χ4n) is 1.47. The number of nitrogens with zero attached hydrogens (tertiary/aromatic N) is 3. The van der Waals surface area contributed by atoms with E-state index in [2.05, 4.69) is 15.0 Å². The molecule has 0 aliphatic carbocycles. The minimum absolute atomic E-state index is 0.158. The highest BCUT2D eigenvalue weighted by Gasteiger charge is 2.12. The minimum atomic E-state index is -1.00. The Morgan fingerprint density at radius 3 is 2.56 bits per heavy atom. The first-order valence-electron chi connectivity index (χ1n) is 5.23. The molecular formula is C12H11N3O2S. The quantitative estimate of drug-likeness (QED) is 0.855. The molecule has 0 aromatic carbocycles. The van der Waals surface area contributed by atoms with Crippen molar-refractivity contribution in [2.75, 3.05) is 0 Å². The van der Waals surface area contributed by atoms with Gasteiger partial charge in [0, 0.05) is 28.7 Å². The van der Waals surface area contributed by atoms with E-state index in [1.807, 2.05) is 19.9 Å². The fourth-order valence-corrected chi connectivity index (χ4v) is 2.42. The summed E-state index contributed by atoms with van der Waals surface area (Å²) in [6.07, 6.45) is 2.88. The minimum Gasteiger partial charge on any atom is -0.478 e. The summed E-state index contributed by atoms with van der Waals surface area (Å²) < 4.78 is 0. The van der Waals surface area contributed by atoms with Crippen LogP contribution in [0, 0.1) is 13.8 Å². The second-order valence-electron chi connectivity index (χ2n) is 3.71. The van der Waals surface area contributed by atoms with Crippen LogP contribution in [-0.2, 0) is 0 Å². The first-order valence-corrected chi connectivity index (χ1v) is 6.05. The average Bonchev–Trinajstić information content (AvgIpc) is 2.27. The summed E-state index contributed by atoms with van der Waals surface area (Å²) in [5.74, 6) is -1.00. The van der Waals surface area contributed by atoms with Crippen LogP contribution in [0.2, 0.25) is 0 Å². The van der Waals surface area contributed by atoms with Gasteiger partial charge < -0.3 is 5.11 Å². The number of hydrogen-bond acceptors (Lipinski definition) is 5. The van der Waals surface area contributed by atoms with Gasteiger partial charge in [-0.05, 0) is 37.7 Å². The molecule has 0 spiro atoms. The molecule has 18 heavy (non-hydrogen) atoms. The van der Waals surface area contributed by atoms with E-state index in [9.17, 15) is 4.79 Å². The van der Waals surface area contributed by atoms with Crippen molar-refractivity contribution in [2.45, 2.75) is 23.9 Å². The lowest BCUT2D eigenvalue weighted by Crippen LogP contribution is -2.00. The number of aromatic carboxylic acids is 1. The molecule has 0 saturated carbocycles. The van der Waals surface area contributed by atoms with Crippen LogP contribution in [0.25, 0.3) is 0 Å². The molecule has 6 heteroatoms. The highest BCUT2D eigenvalue weighted by atomic mass is 32.2. The van der Waals surface area contributed by atoms with Gasteiger partial charge in [0.1, 0.15) is 0 Å². The van der Waals surface area contributed by atoms with E-state index in [1.54, 1.807) is 12.3 Å². The summed E-state index contributed by atoms with van der Waals surface area (Å²) in [5, 5.41) is 9.60. The van der Waals surface area contributed by atoms with E-state index in [1.165, 1.54) is 18.0 Å². The molecule has 0 atom stereocenters. The molecule has 2 aromatic rings. The van der Waals surface area contributed by atoms with Crippen LogP contribution in [0.5, 0.6) is 0 Å². The Kier molecular flexibility index (Phi) is 3.57. The highest BCUT2D eigenvalue weighted by molar-refractivity contribution is 7.99. The second kappa shape index (κ2) is 5.14. The van der Waals surface area contributed by atoms with Gasteiger partial charge in [-0.2, -0.15) is 0 Å². The molecule has 0 unspecified atom stereocenters. The van der Waals surface area contributed by atoms with Crippen LogP contribution in [0.1, 0.15) is 21.7 Å². The number of aromatic nitrogens is 3. The summed E-state index contributed by atoms with van der Waals surface area (Å²) >= 11 is 1.23. The van der Waals surface area contributed by atoms with E-state index in [0.29, 0.717) is 10.1 Å². The molecule has 2 rings (SSSR count). The van der Waals surface area contributed by atoms with Gasteiger partial charge in [-0.1, -0.05) is 0 Å². The van der Waals surface area contributed by atoms with Gasteiger partial charge in [0.2, 0.25) is 0 Å². The Labute approximate surface area is 108 Å². The van der Waals surface area contributed by atoms with Crippen molar-refractivity contribution in [2.24, 2.45) is 0 Å². The fraction of sp³-hybridized carbons (Fsp3) is 0.167. The predicted octanol–water partition coefficient (Wildman–Crippen LogP) is 2.34. The Morgan fingerprint density at radius 1 is 1.28 bits per heavy atom. The summed E-state index contributed by atoms with van der Waals surface area (Å²) in [4.78, 5) is 24.0. The number of carbonyl (C=O) groups is 1. The molecule has 92 valence electrons. The summed E-state index contributed by atoms with van der Waals surface area (Å²) in [6.45, 7) is 3.76. The van der Waals surface area contributed by atoms with E-state index in [-0.39, 0.29) is 5.56 Å². The summed E-state index contributed by atoms with van der Waals surface area (Å²) in [7, 11) is 0. The monoisotopic (exact) mass is 261 g/mol. The van der Waals surface area contributed by atoms with E-state index >= 15 is 0 Å². The molecule has 0 saturated heterocycles. The van der Waals surface area contributed by atoms with Gasteiger partial charge in [-0.25, -0.2) is 14.8 Å². The third-order valence-electron chi connectivity index (χ3n) is 2.17. The topological polar surface area (TPSA) is 76.0 Å². The molecule has 2 heterocycles. The van der Waals surface area contributed by atoms with Gasteiger partial charge in [0.15, 0.2) is 5.16 Å². The van der Waals surface area contributed by atoms with Crippen LogP contribution in [0.3, 0.4) is 0 Å². The van der Waals surface area contributed by atoms with E-state index in [0.717, 1.165) is 11.4 Å². The number of carboxylic acid groups (broad SMARTS) is 1. The molecular weight excluding hydrogens is 250 g/mol. The molecule has 0 aliphatic heterocycles. The maximum absolute atomic E-state index is 11.1. The van der Waals surface area contributed by atoms with Gasteiger partial charge in [-0.15, -0.1) is 0 Å². The predicted molar refractivity (Wildman–Crippen MR) is 66.8 cm³/mol. The zero-order chi connectivity index (χ0) is 13.1. The number of hydrogen-bond donors (Lipinski definition) is 1.